The van der Waals surface area contributed by atoms with Crippen molar-refractivity contribution in [2.24, 2.45) is 0 Å². The second kappa shape index (κ2) is 6.82. The maximum Gasteiger partial charge on any atom is 0.325 e. The van der Waals surface area contributed by atoms with Crippen molar-refractivity contribution in [1.29, 1.82) is 0 Å². The van der Waals surface area contributed by atoms with Crippen LogP contribution in [0.2, 0.25) is 0 Å². The molecule has 0 fully saturated rings. The molecule has 0 saturated carbocycles. The standard InChI is InChI=1S/C15H17N3O5/c1-8(15(20)21)16-14(19)11-7-10(17-18-11)9-4-5-12(22-2)13(6-9)23-3/h4-8H,1-3H3,(H,16,19)(H,17,18)(H,20,21). The Morgan fingerprint density at radius 1 is 1.22 bits per heavy atom. The Kier molecular flexibility index (Phi) is 4.85. The lowest BCUT2D eigenvalue weighted by Gasteiger charge is -2.08. The molecule has 8 heteroatoms. The van der Waals surface area contributed by atoms with Crippen molar-refractivity contribution >= 4 is 11.9 Å². The smallest absolute Gasteiger partial charge is 0.325 e. The van der Waals surface area contributed by atoms with Gasteiger partial charge < -0.3 is 19.9 Å². The van der Waals surface area contributed by atoms with Crippen LogP contribution in [0, 0.1) is 0 Å². The Morgan fingerprint density at radius 3 is 2.52 bits per heavy atom. The van der Waals surface area contributed by atoms with Crippen LogP contribution in [0.1, 0.15) is 17.4 Å². The zero-order valence-corrected chi connectivity index (χ0v) is 12.9. The molecule has 2 rings (SSSR count). The third kappa shape index (κ3) is 3.60. The van der Waals surface area contributed by atoms with Crippen LogP contribution in [0.25, 0.3) is 11.3 Å². The van der Waals surface area contributed by atoms with Gasteiger partial charge in [0, 0.05) is 5.56 Å². The minimum Gasteiger partial charge on any atom is -0.493 e. The zero-order chi connectivity index (χ0) is 17.0. The quantitative estimate of drug-likeness (QED) is 0.739. The van der Waals surface area contributed by atoms with Gasteiger partial charge in [0.15, 0.2) is 11.5 Å². The molecule has 122 valence electrons. The van der Waals surface area contributed by atoms with E-state index in [1.807, 2.05) is 0 Å². The molecule has 1 aromatic carbocycles. The number of hydrogen-bond donors (Lipinski definition) is 3. The molecule has 0 radical (unpaired) electrons. The summed E-state index contributed by atoms with van der Waals surface area (Å²) in [6.07, 6.45) is 0. The van der Waals surface area contributed by atoms with E-state index in [1.54, 1.807) is 18.2 Å². The molecule has 8 nitrogen and oxygen atoms in total. The van der Waals surface area contributed by atoms with Crippen LogP contribution in [-0.4, -0.2) is 47.4 Å². The largest absolute Gasteiger partial charge is 0.493 e. The van der Waals surface area contributed by atoms with Crippen molar-refractivity contribution in [3.05, 3.63) is 30.0 Å². The number of carbonyl (C=O) groups is 2. The molecule has 1 unspecified atom stereocenters. The van der Waals surface area contributed by atoms with Crippen molar-refractivity contribution in [3.63, 3.8) is 0 Å². The number of ether oxygens (including phenoxy) is 2. The topological polar surface area (TPSA) is 114 Å². The van der Waals surface area contributed by atoms with Crippen molar-refractivity contribution in [3.8, 4) is 22.8 Å². The van der Waals surface area contributed by atoms with Gasteiger partial charge in [-0.1, -0.05) is 0 Å². The number of carboxylic acid groups (broad SMARTS) is 1. The van der Waals surface area contributed by atoms with Gasteiger partial charge in [-0.15, -0.1) is 0 Å². The lowest BCUT2D eigenvalue weighted by atomic mass is 10.1. The molecule has 0 saturated heterocycles. The number of nitrogens with zero attached hydrogens (tertiary/aromatic N) is 1. The van der Waals surface area contributed by atoms with Gasteiger partial charge in [0.25, 0.3) is 5.91 Å². The fourth-order valence-corrected chi connectivity index (χ4v) is 1.92. The summed E-state index contributed by atoms with van der Waals surface area (Å²) in [5, 5.41) is 17.8. The van der Waals surface area contributed by atoms with Gasteiger partial charge >= 0.3 is 5.97 Å². The minimum absolute atomic E-state index is 0.169. The number of hydrogen-bond acceptors (Lipinski definition) is 5. The van der Waals surface area contributed by atoms with Crippen LogP contribution >= 0.6 is 0 Å². The summed E-state index contributed by atoms with van der Waals surface area (Å²) in [5.41, 5.74) is 1.42. The third-order valence-corrected chi connectivity index (χ3v) is 3.22. The number of benzene rings is 1. The number of methoxy groups -OCH3 is 2. The first-order chi connectivity index (χ1) is 11.0. The molecule has 1 atom stereocenters. The Hall–Kier alpha value is -3.03. The highest BCUT2D eigenvalue weighted by molar-refractivity contribution is 5.95. The first-order valence-corrected chi connectivity index (χ1v) is 6.77. The van der Waals surface area contributed by atoms with Gasteiger partial charge in [-0.3, -0.25) is 14.7 Å². The molecule has 0 spiro atoms. The van der Waals surface area contributed by atoms with Crippen LogP contribution in [-0.2, 0) is 4.79 Å². The molecule has 0 aliphatic heterocycles. The number of aliphatic carboxylic acids is 1. The van der Waals surface area contributed by atoms with Crippen molar-refractivity contribution in [1.82, 2.24) is 15.5 Å². The summed E-state index contributed by atoms with van der Waals surface area (Å²) in [6.45, 7) is 1.38. The second-order valence-corrected chi connectivity index (χ2v) is 4.77. The van der Waals surface area contributed by atoms with E-state index in [9.17, 15) is 9.59 Å². The fraction of sp³-hybridized carbons (Fsp3) is 0.267. The molecule has 0 aliphatic carbocycles. The Balaban J connectivity index is 2.22. The summed E-state index contributed by atoms with van der Waals surface area (Å²) in [6, 6.07) is 5.78. The van der Waals surface area contributed by atoms with Crippen LogP contribution in [0.4, 0.5) is 0 Å². The normalized spacial score (nSPS) is 11.6. The highest BCUT2D eigenvalue weighted by atomic mass is 16.5. The number of aromatic nitrogens is 2. The molecule has 1 heterocycles. The average Bonchev–Trinajstić information content (AvgIpc) is 3.04. The van der Waals surface area contributed by atoms with Gasteiger partial charge in [-0.2, -0.15) is 5.10 Å². The van der Waals surface area contributed by atoms with E-state index in [0.717, 1.165) is 5.56 Å². The summed E-state index contributed by atoms with van der Waals surface area (Å²) < 4.78 is 10.4. The number of nitrogens with one attached hydrogen (secondary N) is 2. The summed E-state index contributed by atoms with van der Waals surface area (Å²) in [7, 11) is 3.07. The predicted molar refractivity (Wildman–Crippen MR) is 81.7 cm³/mol. The molecule has 0 aliphatic rings. The molecular weight excluding hydrogens is 302 g/mol. The fourth-order valence-electron chi connectivity index (χ4n) is 1.92. The lowest BCUT2D eigenvalue weighted by Crippen LogP contribution is -2.38. The van der Waals surface area contributed by atoms with E-state index in [2.05, 4.69) is 15.5 Å². The molecule has 2 aromatic rings. The highest BCUT2D eigenvalue weighted by Crippen LogP contribution is 2.31. The average molecular weight is 319 g/mol. The monoisotopic (exact) mass is 319 g/mol. The maximum atomic E-state index is 11.9. The van der Waals surface area contributed by atoms with Crippen LogP contribution in [0.15, 0.2) is 24.3 Å². The Bertz CT molecular complexity index is 726. The molecular formula is C15H17N3O5. The first kappa shape index (κ1) is 16.3. The van der Waals surface area contributed by atoms with Gasteiger partial charge in [-0.25, -0.2) is 0 Å². The predicted octanol–water partition coefficient (Wildman–Crippen LogP) is 1.30. The molecule has 1 amide bonds. The zero-order valence-electron chi connectivity index (χ0n) is 12.9. The van der Waals surface area contributed by atoms with Crippen molar-refractivity contribution < 1.29 is 24.2 Å². The van der Waals surface area contributed by atoms with E-state index in [4.69, 9.17) is 14.6 Å². The van der Waals surface area contributed by atoms with Crippen molar-refractivity contribution in [2.45, 2.75) is 13.0 Å². The van der Waals surface area contributed by atoms with E-state index < -0.39 is 17.9 Å². The van der Waals surface area contributed by atoms with Crippen LogP contribution in [0.3, 0.4) is 0 Å². The van der Waals surface area contributed by atoms with E-state index in [1.165, 1.54) is 27.2 Å². The van der Waals surface area contributed by atoms with Gasteiger partial charge in [0.2, 0.25) is 0 Å². The van der Waals surface area contributed by atoms with Gasteiger partial charge in [0.1, 0.15) is 11.7 Å². The SMILES string of the molecule is COc1ccc(-c2cc(C(=O)NC(C)C(=O)O)[nH]n2)cc1OC. The van der Waals surface area contributed by atoms with Gasteiger partial charge in [-0.05, 0) is 31.2 Å². The molecule has 23 heavy (non-hydrogen) atoms. The first-order valence-electron chi connectivity index (χ1n) is 6.77. The van der Waals surface area contributed by atoms with E-state index in [-0.39, 0.29) is 5.69 Å². The summed E-state index contributed by atoms with van der Waals surface area (Å²) in [4.78, 5) is 22.7. The number of carbonyl (C=O) groups excluding carboxylic acids is 1. The van der Waals surface area contributed by atoms with E-state index in [0.29, 0.717) is 17.2 Å². The van der Waals surface area contributed by atoms with Crippen molar-refractivity contribution in [2.75, 3.05) is 14.2 Å². The van der Waals surface area contributed by atoms with Crippen LogP contribution in [0.5, 0.6) is 11.5 Å². The number of amides is 1. The lowest BCUT2D eigenvalue weighted by molar-refractivity contribution is -0.138. The Morgan fingerprint density at radius 2 is 1.91 bits per heavy atom. The molecule has 3 N–H and O–H groups in total. The number of aromatic amines is 1. The maximum absolute atomic E-state index is 11.9. The van der Waals surface area contributed by atoms with Gasteiger partial charge in [0.05, 0.1) is 19.9 Å². The number of rotatable bonds is 6. The van der Waals surface area contributed by atoms with Crippen LogP contribution < -0.4 is 14.8 Å². The highest BCUT2D eigenvalue weighted by Gasteiger charge is 2.17. The summed E-state index contributed by atoms with van der Waals surface area (Å²) in [5.74, 6) is -0.532. The number of carboxylic acids is 1. The van der Waals surface area contributed by atoms with E-state index >= 15 is 0 Å². The second-order valence-electron chi connectivity index (χ2n) is 4.77. The number of H-pyrrole nitrogens is 1. The molecule has 1 aromatic heterocycles. The Labute approximate surface area is 132 Å². The minimum atomic E-state index is -1.11. The molecule has 0 bridgehead atoms. The summed E-state index contributed by atoms with van der Waals surface area (Å²) >= 11 is 0. The third-order valence-electron chi connectivity index (χ3n) is 3.22.